The van der Waals surface area contributed by atoms with Crippen LogP contribution in [0.25, 0.3) is 0 Å². The smallest absolute Gasteiger partial charge is 0.462 e. The molecule has 11 nitrogen and oxygen atoms in total. The van der Waals surface area contributed by atoms with Crippen molar-refractivity contribution < 1.29 is 52.3 Å². The Bertz CT molecular complexity index is 1310. The highest BCUT2D eigenvalue weighted by molar-refractivity contribution is 7.47. The maximum absolute atomic E-state index is 12.7. The summed E-state index contributed by atoms with van der Waals surface area (Å²) in [6.45, 7) is 4.08. The van der Waals surface area contributed by atoms with Crippen molar-refractivity contribution in [2.75, 3.05) is 47.5 Å². The van der Waals surface area contributed by atoms with Gasteiger partial charge >= 0.3 is 19.8 Å². The van der Waals surface area contributed by atoms with Crippen LogP contribution in [0.2, 0.25) is 0 Å². The van der Waals surface area contributed by atoms with Gasteiger partial charge in [0.1, 0.15) is 19.8 Å². The Morgan fingerprint density at radius 2 is 1.03 bits per heavy atom. The van der Waals surface area contributed by atoms with Gasteiger partial charge in [-0.1, -0.05) is 177 Å². The number of phosphoric acid groups is 1. The summed E-state index contributed by atoms with van der Waals surface area (Å²) >= 11 is 0. The molecule has 0 heterocycles. The average molecular weight is 925 g/mol. The van der Waals surface area contributed by atoms with Crippen LogP contribution in [0.15, 0.2) is 60.8 Å². The van der Waals surface area contributed by atoms with E-state index in [1.54, 1.807) is 36.5 Å². The number of esters is 2. The highest BCUT2D eigenvalue weighted by atomic mass is 31.2. The van der Waals surface area contributed by atoms with Gasteiger partial charge in [-0.15, -0.1) is 0 Å². The molecule has 0 aliphatic rings. The summed E-state index contributed by atoms with van der Waals surface area (Å²) in [6.07, 6.45) is 46.1. The van der Waals surface area contributed by atoms with Crippen LogP contribution in [0.1, 0.15) is 194 Å². The minimum Gasteiger partial charge on any atom is -0.462 e. The number of carbonyl (C=O) groups excluding carboxylic acids is 2. The second-order valence-corrected chi connectivity index (χ2v) is 19.7. The standard InChI is InChI=1S/C52H94NO10P/c1-6-8-10-12-14-15-16-17-18-19-20-21-22-23-24-25-26-27-28-30-36-42-51(56)60-46-50(47-62-64(58,59)61-45-44-53(3,4)5)63-52(57)43-37-41-49(55)40-35-32-31-34-39-48(54)38-33-29-13-11-9-7-2/h17-18,29,31-35,39-40,48-50,54-55H,6-16,19-28,30,36-38,41-47H2,1-5H3/p+1/b18-17-,32-31+,33-29-,39-34+,40-35-/t48-,49-,50+/m0/s1. The van der Waals surface area contributed by atoms with Gasteiger partial charge in [-0.2, -0.15) is 0 Å². The average Bonchev–Trinajstić information content (AvgIpc) is 3.24. The van der Waals surface area contributed by atoms with Crippen LogP contribution in [-0.4, -0.2) is 97.3 Å². The van der Waals surface area contributed by atoms with Crippen molar-refractivity contribution >= 4 is 19.8 Å². The largest absolute Gasteiger partial charge is 0.472 e. The summed E-state index contributed by atoms with van der Waals surface area (Å²) in [4.78, 5) is 35.5. The fraction of sp³-hybridized carbons (Fsp3) is 0.769. The van der Waals surface area contributed by atoms with Crippen LogP contribution in [0.4, 0.5) is 0 Å². The first-order chi connectivity index (χ1) is 30.8. The zero-order chi connectivity index (χ0) is 47.4. The Morgan fingerprint density at radius 3 is 1.59 bits per heavy atom. The fourth-order valence-electron chi connectivity index (χ4n) is 6.67. The third-order valence-electron chi connectivity index (χ3n) is 10.7. The highest BCUT2D eigenvalue weighted by Gasteiger charge is 2.27. The number of hydrogen-bond donors (Lipinski definition) is 3. The molecule has 64 heavy (non-hydrogen) atoms. The van der Waals surface area contributed by atoms with Gasteiger partial charge in [0.2, 0.25) is 0 Å². The van der Waals surface area contributed by atoms with Crippen LogP contribution >= 0.6 is 7.82 Å². The van der Waals surface area contributed by atoms with Gasteiger partial charge in [-0.05, 0) is 64.2 Å². The first kappa shape index (κ1) is 61.6. The number of nitrogens with zero attached hydrogens (tertiary/aromatic N) is 1. The Labute approximate surface area is 391 Å². The second kappa shape index (κ2) is 43.2. The van der Waals surface area contributed by atoms with E-state index in [4.69, 9.17) is 18.5 Å². The van der Waals surface area contributed by atoms with Crippen molar-refractivity contribution in [2.24, 2.45) is 0 Å². The number of aliphatic hydroxyl groups is 2. The van der Waals surface area contributed by atoms with E-state index in [-0.39, 0.29) is 26.1 Å². The number of quaternary nitrogens is 1. The molecule has 0 saturated heterocycles. The van der Waals surface area contributed by atoms with E-state index >= 15 is 0 Å². The lowest BCUT2D eigenvalue weighted by Crippen LogP contribution is -2.37. The normalized spacial score (nSPS) is 14.9. The molecule has 0 aromatic heterocycles. The second-order valence-electron chi connectivity index (χ2n) is 18.2. The van der Waals surface area contributed by atoms with Crippen molar-refractivity contribution in [2.45, 2.75) is 212 Å². The summed E-state index contributed by atoms with van der Waals surface area (Å²) in [5.74, 6) is -1.04. The third kappa shape index (κ3) is 46.2. The zero-order valence-corrected chi connectivity index (χ0v) is 42.1. The van der Waals surface area contributed by atoms with Crippen molar-refractivity contribution in [1.29, 1.82) is 0 Å². The summed E-state index contributed by atoms with van der Waals surface area (Å²) in [7, 11) is 1.32. The molecule has 0 aliphatic heterocycles. The minimum atomic E-state index is -4.45. The topological polar surface area (TPSA) is 149 Å². The quantitative estimate of drug-likeness (QED) is 0.0135. The fourth-order valence-corrected chi connectivity index (χ4v) is 7.42. The molecule has 12 heteroatoms. The molecular weight excluding hydrogens is 830 g/mol. The number of ether oxygens (including phenoxy) is 2. The Kier molecular flexibility index (Phi) is 41.6. The number of carbonyl (C=O) groups is 2. The van der Waals surface area contributed by atoms with Gasteiger partial charge in [-0.3, -0.25) is 18.6 Å². The van der Waals surface area contributed by atoms with Crippen molar-refractivity contribution in [3.05, 3.63) is 60.8 Å². The molecule has 0 fully saturated rings. The van der Waals surface area contributed by atoms with E-state index in [1.165, 1.54) is 116 Å². The van der Waals surface area contributed by atoms with E-state index in [1.807, 2.05) is 27.2 Å². The van der Waals surface area contributed by atoms with Crippen LogP contribution in [0.3, 0.4) is 0 Å². The molecule has 3 N–H and O–H groups in total. The number of likely N-dealkylation sites (N-methyl/N-ethyl adjacent to an activating group) is 1. The van der Waals surface area contributed by atoms with Gasteiger partial charge in [0.25, 0.3) is 0 Å². The molecule has 0 spiro atoms. The molecule has 0 amide bonds. The number of phosphoric ester groups is 1. The lowest BCUT2D eigenvalue weighted by atomic mass is 10.0. The van der Waals surface area contributed by atoms with Crippen LogP contribution in [0.5, 0.6) is 0 Å². The monoisotopic (exact) mass is 925 g/mol. The van der Waals surface area contributed by atoms with Crippen LogP contribution in [0, 0.1) is 0 Å². The van der Waals surface area contributed by atoms with Crippen molar-refractivity contribution in [3.8, 4) is 0 Å². The number of unbranched alkanes of at least 4 members (excludes halogenated alkanes) is 20. The van der Waals surface area contributed by atoms with E-state index in [0.717, 1.165) is 25.7 Å². The first-order valence-corrected chi connectivity index (χ1v) is 26.7. The van der Waals surface area contributed by atoms with E-state index in [0.29, 0.717) is 36.7 Å². The highest BCUT2D eigenvalue weighted by Crippen LogP contribution is 2.43. The van der Waals surface area contributed by atoms with Gasteiger partial charge in [0.05, 0.1) is 40.0 Å². The van der Waals surface area contributed by atoms with Gasteiger partial charge < -0.3 is 29.1 Å². The zero-order valence-electron chi connectivity index (χ0n) is 41.2. The molecule has 372 valence electrons. The Morgan fingerprint density at radius 1 is 0.562 bits per heavy atom. The van der Waals surface area contributed by atoms with E-state index < -0.39 is 44.7 Å². The van der Waals surface area contributed by atoms with Crippen LogP contribution in [-0.2, 0) is 32.7 Å². The lowest BCUT2D eigenvalue weighted by Gasteiger charge is -2.24. The van der Waals surface area contributed by atoms with Gasteiger partial charge in [0, 0.05) is 12.8 Å². The molecule has 4 atom stereocenters. The Hall–Kier alpha value is -2.37. The molecule has 0 bridgehead atoms. The summed E-state index contributed by atoms with van der Waals surface area (Å²) in [5, 5.41) is 20.4. The van der Waals surface area contributed by atoms with Gasteiger partial charge in [-0.25, -0.2) is 4.57 Å². The van der Waals surface area contributed by atoms with Crippen molar-refractivity contribution in [1.82, 2.24) is 0 Å². The summed E-state index contributed by atoms with van der Waals surface area (Å²) < 4.78 is 34.2. The van der Waals surface area contributed by atoms with Crippen molar-refractivity contribution in [3.63, 3.8) is 0 Å². The molecule has 0 aliphatic carbocycles. The number of allylic oxidation sites excluding steroid dienone is 7. The Balaban J connectivity index is 4.48. The SMILES string of the molecule is CCCCC/C=C\C[C@H](O)/C=C/C=C/C=C\[C@H](O)CCCC(=O)O[C@H](COC(=O)CCCCCCCCCCCCC/C=C\CCCCCCCC)COP(=O)(O)OCC[N+](C)(C)C. The summed E-state index contributed by atoms with van der Waals surface area (Å²) in [5.41, 5.74) is 0. The van der Waals surface area contributed by atoms with E-state index in [2.05, 4.69) is 32.1 Å². The maximum atomic E-state index is 12.7. The molecule has 0 radical (unpaired) electrons. The number of rotatable bonds is 45. The molecule has 1 unspecified atom stereocenters. The third-order valence-corrected chi connectivity index (χ3v) is 11.7. The molecule has 0 saturated carbocycles. The van der Waals surface area contributed by atoms with Crippen LogP contribution < -0.4 is 0 Å². The lowest BCUT2D eigenvalue weighted by molar-refractivity contribution is -0.870. The number of aliphatic hydroxyl groups excluding tert-OH is 2. The van der Waals surface area contributed by atoms with Gasteiger partial charge in [0.15, 0.2) is 6.10 Å². The maximum Gasteiger partial charge on any atom is 0.472 e. The molecule has 0 aromatic rings. The summed E-state index contributed by atoms with van der Waals surface area (Å²) in [6, 6.07) is 0. The molecular formula is C52H95NO10P+. The minimum absolute atomic E-state index is 0.0160. The predicted octanol–water partition coefficient (Wildman–Crippen LogP) is 12.7. The molecule has 0 aromatic carbocycles. The molecule has 0 rings (SSSR count). The first-order valence-electron chi connectivity index (χ1n) is 25.2. The predicted molar refractivity (Wildman–Crippen MR) is 264 cm³/mol. The van der Waals surface area contributed by atoms with E-state index in [9.17, 15) is 29.3 Å². The number of hydrogen-bond acceptors (Lipinski definition) is 9.